The number of aromatic hydroxyl groups is 1. The van der Waals surface area contributed by atoms with E-state index in [2.05, 4.69) is 15.6 Å². The zero-order chi connectivity index (χ0) is 14.7. The highest BCUT2D eigenvalue weighted by Gasteiger charge is 2.25. The summed E-state index contributed by atoms with van der Waals surface area (Å²) in [6.45, 7) is 0.444. The highest BCUT2D eigenvalue weighted by molar-refractivity contribution is 5.74. The summed E-state index contributed by atoms with van der Waals surface area (Å²) in [6, 6.07) is 8.95. The molecule has 108 valence electrons. The minimum Gasteiger partial charge on any atom is -0.508 e. The van der Waals surface area contributed by atoms with Gasteiger partial charge in [0.25, 0.3) is 0 Å². The second-order valence-electron chi connectivity index (χ2n) is 5.12. The third kappa shape index (κ3) is 2.97. The summed E-state index contributed by atoms with van der Waals surface area (Å²) in [5.74, 6) is 0.313. The fourth-order valence-corrected chi connectivity index (χ4v) is 2.68. The van der Waals surface area contributed by atoms with Crippen molar-refractivity contribution in [3.05, 3.63) is 59.4 Å². The monoisotopic (exact) mass is 283 g/mol. The summed E-state index contributed by atoms with van der Waals surface area (Å²) in [7, 11) is 0. The number of carbonyl (C=O) groups is 1. The molecule has 3 N–H and O–H groups in total. The van der Waals surface area contributed by atoms with E-state index in [0.717, 1.165) is 29.5 Å². The van der Waals surface area contributed by atoms with Crippen LogP contribution in [0.2, 0.25) is 0 Å². The standard InChI is InChI=1S/C16H17N3O2/c20-15-5-1-4-12-13(15)6-7-14(12)19-16(21)18-10-11-3-2-8-17-9-11/h1-5,8-9,14,20H,6-7,10H2,(H2,18,19,21)/t14-/m1/s1. The quantitative estimate of drug-likeness (QED) is 0.809. The van der Waals surface area contributed by atoms with E-state index in [1.54, 1.807) is 18.5 Å². The van der Waals surface area contributed by atoms with Crippen LogP contribution in [0.25, 0.3) is 0 Å². The van der Waals surface area contributed by atoms with Crippen molar-refractivity contribution >= 4 is 6.03 Å². The number of aromatic nitrogens is 1. The summed E-state index contributed by atoms with van der Waals surface area (Å²) >= 11 is 0. The van der Waals surface area contributed by atoms with Gasteiger partial charge in [-0.25, -0.2) is 4.79 Å². The van der Waals surface area contributed by atoms with Crippen LogP contribution in [0.4, 0.5) is 4.79 Å². The number of carbonyl (C=O) groups excluding carboxylic acids is 1. The molecule has 0 spiro atoms. The van der Waals surface area contributed by atoms with Crippen molar-refractivity contribution in [2.45, 2.75) is 25.4 Å². The lowest BCUT2D eigenvalue weighted by molar-refractivity contribution is 0.236. The first kappa shape index (κ1) is 13.4. The Balaban J connectivity index is 1.59. The van der Waals surface area contributed by atoms with E-state index in [0.29, 0.717) is 12.3 Å². The lowest BCUT2D eigenvalue weighted by Gasteiger charge is -2.15. The van der Waals surface area contributed by atoms with E-state index in [9.17, 15) is 9.90 Å². The van der Waals surface area contributed by atoms with Crippen molar-refractivity contribution in [3.63, 3.8) is 0 Å². The molecule has 0 aliphatic heterocycles. The van der Waals surface area contributed by atoms with Crippen LogP contribution in [0.1, 0.15) is 29.2 Å². The molecule has 0 saturated heterocycles. The SMILES string of the molecule is O=C(NCc1cccnc1)N[C@@H]1CCc2c(O)cccc21. The number of nitrogens with zero attached hydrogens (tertiary/aromatic N) is 1. The van der Waals surface area contributed by atoms with Crippen molar-refractivity contribution < 1.29 is 9.90 Å². The van der Waals surface area contributed by atoms with Gasteiger partial charge in [0.15, 0.2) is 0 Å². The van der Waals surface area contributed by atoms with Crippen LogP contribution >= 0.6 is 0 Å². The maximum absolute atomic E-state index is 12.0. The lowest BCUT2D eigenvalue weighted by Crippen LogP contribution is -2.36. The molecule has 1 aliphatic rings. The van der Waals surface area contributed by atoms with Gasteiger partial charge in [0.05, 0.1) is 6.04 Å². The number of phenols is 1. The minimum absolute atomic E-state index is 0.0407. The Morgan fingerprint density at radius 1 is 1.33 bits per heavy atom. The molecule has 0 radical (unpaired) electrons. The van der Waals surface area contributed by atoms with Crippen LogP contribution < -0.4 is 10.6 Å². The molecule has 5 nitrogen and oxygen atoms in total. The molecule has 3 rings (SSSR count). The Morgan fingerprint density at radius 3 is 3.05 bits per heavy atom. The summed E-state index contributed by atoms with van der Waals surface area (Å²) in [5.41, 5.74) is 2.90. The van der Waals surface area contributed by atoms with Crippen LogP contribution in [0.15, 0.2) is 42.7 Å². The van der Waals surface area contributed by atoms with Gasteiger partial charge in [0.2, 0.25) is 0 Å². The zero-order valence-electron chi connectivity index (χ0n) is 11.5. The number of urea groups is 1. The first-order valence-electron chi connectivity index (χ1n) is 6.98. The van der Waals surface area contributed by atoms with Gasteiger partial charge in [0, 0.05) is 18.9 Å². The first-order valence-corrected chi connectivity index (χ1v) is 6.98. The molecule has 0 bridgehead atoms. The average molecular weight is 283 g/mol. The number of rotatable bonds is 3. The highest BCUT2D eigenvalue weighted by atomic mass is 16.3. The molecule has 1 heterocycles. The highest BCUT2D eigenvalue weighted by Crippen LogP contribution is 2.36. The van der Waals surface area contributed by atoms with Crippen LogP contribution in [-0.2, 0) is 13.0 Å². The Morgan fingerprint density at radius 2 is 2.24 bits per heavy atom. The van der Waals surface area contributed by atoms with Crippen LogP contribution in [-0.4, -0.2) is 16.1 Å². The zero-order valence-corrected chi connectivity index (χ0v) is 11.5. The maximum Gasteiger partial charge on any atom is 0.315 e. The number of fused-ring (bicyclic) bond motifs is 1. The molecule has 1 aliphatic carbocycles. The maximum atomic E-state index is 12.0. The molecule has 2 aromatic rings. The molecular formula is C16H17N3O2. The molecule has 2 amide bonds. The summed E-state index contributed by atoms with van der Waals surface area (Å²) in [6.07, 6.45) is 5.03. The van der Waals surface area contributed by atoms with E-state index in [4.69, 9.17) is 0 Å². The van der Waals surface area contributed by atoms with Gasteiger partial charge in [-0.05, 0) is 41.7 Å². The predicted molar refractivity (Wildman–Crippen MR) is 78.8 cm³/mol. The molecule has 0 saturated carbocycles. The second kappa shape index (κ2) is 5.83. The van der Waals surface area contributed by atoms with Gasteiger partial charge < -0.3 is 15.7 Å². The second-order valence-corrected chi connectivity index (χ2v) is 5.12. The Kier molecular flexibility index (Phi) is 3.73. The Hall–Kier alpha value is -2.56. The molecule has 5 heteroatoms. The van der Waals surface area contributed by atoms with E-state index in [1.165, 1.54) is 0 Å². The first-order chi connectivity index (χ1) is 10.2. The van der Waals surface area contributed by atoms with Crippen LogP contribution in [0.3, 0.4) is 0 Å². The third-order valence-corrected chi connectivity index (χ3v) is 3.73. The number of hydrogen-bond donors (Lipinski definition) is 3. The lowest BCUT2D eigenvalue weighted by atomic mass is 10.1. The molecule has 0 fully saturated rings. The fourth-order valence-electron chi connectivity index (χ4n) is 2.68. The number of phenolic OH excluding ortho intramolecular Hbond substituents is 1. The Labute approximate surface area is 123 Å². The number of nitrogens with one attached hydrogen (secondary N) is 2. The van der Waals surface area contributed by atoms with Crippen molar-refractivity contribution in [1.29, 1.82) is 0 Å². The molecule has 1 aromatic heterocycles. The van der Waals surface area contributed by atoms with Crippen LogP contribution in [0, 0.1) is 0 Å². The normalized spacial score (nSPS) is 16.3. The van der Waals surface area contributed by atoms with Crippen molar-refractivity contribution in [2.24, 2.45) is 0 Å². The smallest absolute Gasteiger partial charge is 0.315 e. The molecule has 0 unspecified atom stereocenters. The average Bonchev–Trinajstić information content (AvgIpc) is 2.91. The minimum atomic E-state index is -0.208. The Bertz CT molecular complexity index is 643. The van der Waals surface area contributed by atoms with Gasteiger partial charge in [-0.1, -0.05) is 18.2 Å². The summed E-state index contributed by atoms with van der Waals surface area (Å²) in [5, 5.41) is 15.6. The summed E-state index contributed by atoms with van der Waals surface area (Å²) in [4.78, 5) is 16.0. The third-order valence-electron chi connectivity index (χ3n) is 3.73. The fraction of sp³-hybridized carbons (Fsp3) is 0.250. The molecule has 1 atom stereocenters. The van der Waals surface area contributed by atoms with E-state index in [1.807, 2.05) is 24.3 Å². The van der Waals surface area contributed by atoms with E-state index >= 15 is 0 Å². The number of benzene rings is 1. The number of pyridine rings is 1. The molecule has 1 aromatic carbocycles. The van der Waals surface area contributed by atoms with Gasteiger partial charge in [-0.15, -0.1) is 0 Å². The molecule has 21 heavy (non-hydrogen) atoms. The van der Waals surface area contributed by atoms with Gasteiger partial charge in [-0.3, -0.25) is 4.98 Å². The van der Waals surface area contributed by atoms with E-state index < -0.39 is 0 Å². The largest absolute Gasteiger partial charge is 0.508 e. The van der Waals surface area contributed by atoms with Gasteiger partial charge in [-0.2, -0.15) is 0 Å². The van der Waals surface area contributed by atoms with Crippen molar-refractivity contribution in [3.8, 4) is 5.75 Å². The van der Waals surface area contributed by atoms with Gasteiger partial charge >= 0.3 is 6.03 Å². The van der Waals surface area contributed by atoms with Gasteiger partial charge in [0.1, 0.15) is 5.75 Å². The topological polar surface area (TPSA) is 74.2 Å². The van der Waals surface area contributed by atoms with E-state index in [-0.39, 0.29) is 12.1 Å². The molecular weight excluding hydrogens is 266 g/mol. The van der Waals surface area contributed by atoms with Crippen molar-refractivity contribution in [1.82, 2.24) is 15.6 Å². The number of amides is 2. The van der Waals surface area contributed by atoms with Crippen molar-refractivity contribution in [2.75, 3.05) is 0 Å². The van der Waals surface area contributed by atoms with Crippen LogP contribution in [0.5, 0.6) is 5.75 Å². The predicted octanol–water partition coefficient (Wildman–Crippen LogP) is 2.27. The number of hydrogen-bond acceptors (Lipinski definition) is 3. The summed E-state index contributed by atoms with van der Waals surface area (Å²) < 4.78 is 0.